The molecule has 1 heterocycles. The van der Waals surface area contributed by atoms with Gasteiger partial charge >= 0.3 is 0 Å². The predicted octanol–water partition coefficient (Wildman–Crippen LogP) is 2.71. The van der Waals surface area contributed by atoms with Crippen molar-refractivity contribution >= 4 is 11.8 Å². The van der Waals surface area contributed by atoms with Crippen LogP contribution in [0.1, 0.15) is 35.3 Å². The van der Waals surface area contributed by atoms with Crippen LogP contribution < -0.4 is 5.32 Å². The van der Waals surface area contributed by atoms with E-state index in [-0.39, 0.29) is 23.9 Å². The molecule has 0 aliphatic carbocycles. The van der Waals surface area contributed by atoms with Crippen LogP contribution in [0, 0.1) is 0 Å². The molecule has 1 aliphatic heterocycles. The maximum atomic E-state index is 13.0. The van der Waals surface area contributed by atoms with Crippen molar-refractivity contribution in [3.05, 3.63) is 71.8 Å². The molecule has 1 saturated heterocycles. The Hall–Kier alpha value is -2.66. The van der Waals surface area contributed by atoms with Gasteiger partial charge in [-0.05, 0) is 31.7 Å². The molecule has 1 aliphatic rings. The number of benzene rings is 2. The normalized spacial score (nSPS) is 18.7. The highest BCUT2D eigenvalue weighted by molar-refractivity contribution is 5.94. The number of hydrogen-bond acceptors (Lipinski definition) is 3. The Morgan fingerprint density at radius 2 is 1.67 bits per heavy atom. The fourth-order valence-corrected chi connectivity index (χ4v) is 3.51. The summed E-state index contributed by atoms with van der Waals surface area (Å²) in [6.45, 7) is 4.26. The number of likely N-dealkylation sites (N-methyl/N-ethyl adjacent to an activating group) is 1. The lowest BCUT2D eigenvalue weighted by Gasteiger charge is -2.40. The first-order valence-electron chi connectivity index (χ1n) is 9.43. The van der Waals surface area contributed by atoms with Crippen LogP contribution in [-0.4, -0.2) is 54.3 Å². The molecule has 2 aromatic carbocycles. The Kier molecular flexibility index (Phi) is 6.24. The monoisotopic (exact) mass is 365 g/mol. The Labute approximate surface area is 161 Å². The van der Waals surface area contributed by atoms with Gasteiger partial charge in [0.1, 0.15) is 0 Å². The second kappa shape index (κ2) is 8.82. The molecule has 0 spiro atoms. The molecule has 142 valence electrons. The third-order valence-corrected chi connectivity index (χ3v) is 4.98. The summed E-state index contributed by atoms with van der Waals surface area (Å²) in [5.41, 5.74) is 1.76. The molecule has 2 amide bonds. The summed E-state index contributed by atoms with van der Waals surface area (Å²) in [5, 5.41) is 2.93. The van der Waals surface area contributed by atoms with Gasteiger partial charge in [0.15, 0.2) is 0 Å². The standard InChI is InChI=1S/C22H27N3O2/c1-17(23-22(27)19-11-7-4-8-12-19)15-21(26)25-14-13-24(2)16-20(25)18-9-5-3-6-10-18/h3-12,17,20H,13-16H2,1-2H3,(H,23,27)/t17-,20-/m0/s1. The lowest BCUT2D eigenvalue weighted by Crippen LogP contribution is -2.50. The molecule has 5 nitrogen and oxygen atoms in total. The summed E-state index contributed by atoms with van der Waals surface area (Å²) < 4.78 is 0. The van der Waals surface area contributed by atoms with Crippen LogP contribution in [-0.2, 0) is 4.79 Å². The summed E-state index contributed by atoms with van der Waals surface area (Å²) in [6.07, 6.45) is 0.297. The van der Waals surface area contributed by atoms with Gasteiger partial charge in [0, 0.05) is 37.7 Å². The average molecular weight is 365 g/mol. The molecule has 0 aromatic heterocycles. The third-order valence-electron chi connectivity index (χ3n) is 4.98. The number of nitrogens with one attached hydrogen (secondary N) is 1. The summed E-state index contributed by atoms with van der Waals surface area (Å²) in [6, 6.07) is 19.1. The first-order valence-corrected chi connectivity index (χ1v) is 9.43. The molecule has 2 atom stereocenters. The van der Waals surface area contributed by atoms with E-state index in [4.69, 9.17) is 0 Å². The van der Waals surface area contributed by atoms with E-state index in [1.807, 2.05) is 48.2 Å². The van der Waals surface area contributed by atoms with Gasteiger partial charge in [0.05, 0.1) is 6.04 Å². The molecule has 0 saturated carbocycles. The topological polar surface area (TPSA) is 52.7 Å². The minimum Gasteiger partial charge on any atom is -0.349 e. The second-order valence-corrected chi connectivity index (χ2v) is 7.22. The molecule has 2 aromatic rings. The third kappa shape index (κ3) is 4.95. The molecule has 27 heavy (non-hydrogen) atoms. The number of amides is 2. The Morgan fingerprint density at radius 3 is 2.33 bits per heavy atom. The minimum atomic E-state index is -0.221. The van der Waals surface area contributed by atoms with Crippen molar-refractivity contribution in [1.82, 2.24) is 15.1 Å². The number of rotatable bonds is 5. The number of nitrogens with zero attached hydrogens (tertiary/aromatic N) is 2. The summed E-state index contributed by atoms with van der Waals surface area (Å²) in [4.78, 5) is 29.5. The van der Waals surface area contributed by atoms with Crippen LogP contribution in [0.15, 0.2) is 60.7 Å². The van der Waals surface area contributed by atoms with E-state index in [1.165, 1.54) is 0 Å². The van der Waals surface area contributed by atoms with Crippen molar-refractivity contribution in [2.45, 2.75) is 25.4 Å². The van der Waals surface area contributed by atoms with E-state index in [2.05, 4.69) is 29.4 Å². The quantitative estimate of drug-likeness (QED) is 0.886. The summed E-state index contributed by atoms with van der Waals surface area (Å²) in [7, 11) is 2.08. The number of hydrogen-bond donors (Lipinski definition) is 1. The van der Waals surface area contributed by atoms with Crippen molar-refractivity contribution in [1.29, 1.82) is 0 Å². The number of piperazine rings is 1. The van der Waals surface area contributed by atoms with Gasteiger partial charge in [-0.3, -0.25) is 9.59 Å². The molecule has 0 bridgehead atoms. The fourth-order valence-electron chi connectivity index (χ4n) is 3.51. The van der Waals surface area contributed by atoms with E-state index < -0.39 is 0 Å². The van der Waals surface area contributed by atoms with Crippen molar-refractivity contribution in [2.24, 2.45) is 0 Å². The zero-order valence-corrected chi connectivity index (χ0v) is 16.0. The van der Waals surface area contributed by atoms with Crippen molar-refractivity contribution in [3.8, 4) is 0 Å². The van der Waals surface area contributed by atoms with Gasteiger partial charge in [-0.25, -0.2) is 0 Å². The first-order chi connectivity index (χ1) is 13.0. The highest BCUT2D eigenvalue weighted by Crippen LogP contribution is 2.25. The highest BCUT2D eigenvalue weighted by atomic mass is 16.2. The number of carbonyl (C=O) groups excluding carboxylic acids is 2. The molecule has 1 N–H and O–H groups in total. The van der Waals surface area contributed by atoms with E-state index in [0.717, 1.165) is 18.7 Å². The van der Waals surface area contributed by atoms with Crippen LogP contribution in [0.4, 0.5) is 0 Å². The van der Waals surface area contributed by atoms with Crippen molar-refractivity contribution < 1.29 is 9.59 Å². The second-order valence-electron chi connectivity index (χ2n) is 7.22. The zero-order chi connectivity index (χ0) is 19.2. The Morgan fingerprint density at radius 1 is 1.04 bits per heavy atom. The van der Waals surface area contributed by atoms with E-state index >= 15 is 0 Å². The molecular formula is C22H27N3O2. The Balaban J connectivity index is 1.64. The Bertz CT molecular complexity index is 764. The molecule has 5 heteroatoms. The summed E-state index contributed by atoms with van der Waals surface area (Å²) in [5.74, 6) is -0.0632. The van der Waals surface area contributed by atoms with E-state index in [1.54, 1.807) is 12.1 Å². The van der Waals surface area contributed by atoms with Crippen LogP contribution in [0.5, 0.6) is 0 Å². The van der Waals surface area contributed by atoms with Gasteiger partial charge in [0.25, 0.3) is 5.91 Å². The maximum Gasteiger partial charge on any atom is 0.251 e. The van der Waals surface area contributed by atoms with Crippen LogP contribution in [0.25, 0.3) is 0 Å². The molecule has 3 rings (SSSR count). The average Bonchev–Trinajstić information content (AvgIpc) is 2.69. The minimum absolute atomic E-state index is 0.0504. The van der Waals surface area contributed by atoms with E-state index in [0.29, 0.717) is 18.5 Å². The number of carbonyl (C=O) groups is 2. The van der Waals surface area contributed by atoms with Crippen LogP contribution >= 0.6 is 0 Å². The largest absolute Gasteiger partial charge is 0.349 e. The fraction of sp³-hybridized carbons (Fsp3) is 0.364. The van der Waals surface area contributed by atoms with Crippen molar-refractivity contribution in [3.63, 3.8) is 0 Å². The van der Waals surface area contributed by atoms with Gasteiger partial charge in [0.2, 0.25) is 5.91 Å². The van der Waals surface area contributed by atoms with Crippen LogP contribution in [0.3, 0.4) is 0 Å². The summed E-state index contributed by atoms with van der Waals surface area (Å²) >= 11 is 0. The van der Waals surface area contributed by atoms with Gasteiger partial charge in [-0.15, -0.1) is 0 Å². The lowest BCUT2D eigenvalue weighted by atomic mass is 10.0. The van der Waals surface area contributed by atoms with Crippen molar-refractivity contribution in [2.75, 3.05) is 26.7 Å². The molecular weight excluding hydrogens is 338 g/mol. The SMILES string of the molecule is C[C@@H](CC(=O)N1CCN(C)C[C@H]1c1ccccc1)NC(=O)c1ccccc1. The molecule has 0 unspecified atom stereocenters. The lowest BCUT2D eigenvalue weighted by molar-refractivity contribution is -0.136. The molecule has 0 radical (unpaired) electrons. The smallest absolute Gasteiger partial charge is 0.251 e. The van der Waals surface area contributed by atoms with Gasteiger partial charge < -0.3 is 15.1 Å². The molecule has 1 fully saturated rings. The van der Waals surface area contributed by atoms with E-state index in [9.17, 15) is 9.59 Å². The zero-order valence-electron chi connectivity index (χ0n) is 16.0. The van der Waals surface area contributed by atoms with Gasteiger partial charge in [-0.2, -0.15) is 0 Å². The first kappa shape index (κ1) is 19.1. The van der Waals surface area contributed by atoms with Gasteiger partial charge in [-0.1, -0.05) is 48.5 Å². The highest BCUT2D eigenvalue weighted by Gasteiger charge is 2.30. The van der Waals surface area contributed by atoms with Crippen LogP contribution in [0.2, 0.25) is 0 Å². The predicted molar refractivity (Wildman–Crippen MR) is 106 cm³/mol. The maximum absolute atomic E-state index is 13.0.